The second-order valence-electron chi connectivity index (χ2n) is 12.2. The Hall–Kier alpha value is -6.17. The molecule has 0 fully saturated rings. The van der Waals surface area contributed by atoms with Crippen LogP contribution in [-0.2, 0) is 19.1 Å². The van der Waals surface area contributed by atoms with Crippen LogP contribution in [0.25, 0.3) is 0 Å². The standard InChI is InChI=1S/C38H41N5O7/c1-38(2,3)50-36(47)27-14-12-15-28(22-27)40-37(48)39-24-33(44)43(25-34(45)41(4)29-16-8-6-9-17-29)31-20-13-21-32(23-31)49-26-35(46)42(5)30-18-10-7-11-19-30/h6-23H,24-26H2,1-5H3,(H2,39,40,48). The molecule has 0 spiro atoms. The lowest BCUT2D eigenvalue weighted by atomic mass is 10.1. The number of carbonyl (C=O) groups excluding carboxylic acids is 5. The molecule has 0 atom stereocenters. The number of esters is 1. The van der Waals surface area contributed by atoms with Crippen LogP contribution in [0.5, 0.6) is 5.75 Å². The van der Waals surface area contributed by atoms with Gasteiger partial charge < -0.3 is 34.8 Å². The molecule has 2 N–H and O–H groups in total. The van der Waals surface area contributed by atoms with Crippen LogP contribution in [0, 0.1) is 0 Å². The van der Waals surface area contributed by atoms with Crippen LogP contribution in [0.3, 0.4) is 0 Å². The van der Waals surface area contributed by atoms with Gasteiger partial charge in [-0.05, 0) is 75.4 Å². The summed E-state index contributed by atoms with van der Waals surface area (Å²) in [5.74, 6) is -1.51. The molecule has 0 aliphatic rings. The second-order valence-corrected chi connectivity index (χ2v) is 12.2. The zero-order valence-corrected chi connectivity index (χ0v) is 28.7. The second kappa shape index (κ2) is 16.8. The van der Waals surface area contributed by atoms with E-state index in [0.29, 0.717) is 28.5 Å². The first-order chi connectivity index (χ1) is 23.8. The molecule has 0 radical (unpaired) electrons. The predicted molar refractivity (Wildman–Crippen MR) is 193 cm³/mol. The van der Waals surface area contributed by atoms with Crippen molar-refractivity contribution in [1.82, 2.24) is 5.32 Å². The first kappa shape index (κ1) is 36.7. The summed E-state index contributed by atoms with van der Waals surface area (Å²) >= 11 is 0. The molecule has 4 rings (SSSR count). The number of hydrogen-bond acceptors (Lipinski definition) is 7. The van der Waals surface area contributed by atoms with E-state index in [2.05, 4.69) is 10.6 Å². The Balaban J connectivity index is 1.46. The summed E-state index contributed by atoms with van der Waals surface area (Å²) in [5, 5.41) is 5.13. The number of para-hydroxylation sites is 2. The van der Waals surface area contributed by atoms with Crippen molar-refractivity contribution in [3.05, 3.63) is 115 Å². The molecule has 260 valence electrons. The van der Waals surface area contributed by atoms with Gasteiger partial charge in [0.25, 0.3) is 5.91 Å². The monoisotopic (exact) mass is 679 g/mol. The van der Waals surface area contributed by atoms with Gasteiger partial charge in [-0.1, -0.05) is 48.5 Å². The lowest BCUT2D eigenvalue weighted by Gasteiger charge is -2.26. The predicted octanol–water partition coefficient (Wildman–Crippen LogP) is 5.50. The zero-order chi connectivity index (χ0) is 36.3. The van der Waals surface area contributed by atoms with Crippen molar-refractivity contribution in [2.45, 2.75) is 26.4 Å². The number of anilines is 4. The molecule has 0 saturated heterocycles. The highest BCUT2D eigenvalue weighted by Crippen LogP contribution is 2.23. The number of amides is 5. The Morgan fingerprint density at radius 1 is 0.660 bits per heavy atom. The van der Waals surface area contributed by atoms with E-state index in [1.807, 2.05) is 24.3 Å². The molecule has 4 aromatic rings. The maximum atomic E-state index is 13.6. The molecule has 0 aliphatic carbocycles. The van der Waals surface area contributed by atoms with Crippen molar-refractivity contribution in [3.63, 3.8) is 0 Å². The Bertz CT molecular complexity index is 1810. The fourth-order valence-electron chi connectivity index (χ4n) is 4.63. The van der Waals surface area contributed by atoms with Crippen molar-refractivity contribution in [2.75, 3.05) is 53.8 Å². The highest BCUT2D eigenvalue weighted by molar-refractivity contribution is 6.05. The van der Waals surface area contributed by atoms with Crippen LogP contribution in [0.15, 0.2) is 109 Å². The molecule has 4 aromatic carbocycles. The Kier molecular flexibility index (Phi) is 12.3. The molecule has 0 heterocycles. The summed E-state index contributed by atoms with van der Waals surface area (Å²) in [6, 6.07) is 30.0. The molecule has 0 aromatic heterocycles. The minimum atomic E-state index is -0.703. The maximum absolute atomic E-state index is 13.6. The van der Waals surface area contributed by atoms with Gasteiger partial charge in [-0.2, -0.15) is 0 Å². The summed E-state index contributed by atoms with van der Waals surface area (Å²) in [4.78, 5) is 69.3. The fraction of sp³-hybridized carbons (Fsp3) is 0.237. The normalized spacial score (nSPS) is 10.7. The smallest absolute Gasteiger partial charge is 0.338 e. The number of carbonyl (C=O) groups is 5. The number of ether oxygens (including phenoxy) is 2. The third-order valence-corrected chi connectivity index (χ3v) is 7.28. The number of rotatable bonds is 12. The number of likely N-dealkylation sites (N-methyl/N-ethyl adjacent to an activating group) is 2. The van der Waals surface area contributed by atoms with Gasteiger partial charge >= 0.3 is 12.0 Å². The van der Waals surface area contributed by atoms with Gasteiger partial charge in [-0.3, -0.25) is 14.4 Å². The van der Waals surface area contributed by atoms with Crippen LogP contribution in [-0.4, -0.2) is 69.1 Å². The Morgan fingerprint density at radius 3 is 1.86 bits per heavy atom. The summed E-state index contributed by atoms with van der Waals surface area (Å²) in [5.41, 5.74) is 1.53. The molecule has 0 saturated carbocycles. The van der Waals surface area contributed by atoms with E-state index in [9.17, 15) is 24.0 Å². The fourth-order valence-corrected chi connectivity index (χ4v) is 4.63. The summed E-state index contributed by atoms with van der Waals surface area (Å²) in [6.07, 6.45) is 0. The van der Waals surface area contributed by atoms with E-state index in [1.54, 1.807) is 114 Å². The zero-order valence-electron chi connectivity index (χ0n) is 28.7. The minimum absolute atomic E-state index is 0.247. The third kappa shape index (κ3) is 10.7. The van der Waals surface area contributed by atoms with Crippen LogP contribution >= 0.6 is 0 Å². The van der Waals surface area contributed by atoms with Crippen molar-refractivity contribution < 1.29 is 33.4 Å². The van der Waals surface area contributed by atoms with Crippen molar-refractivity contribution in [1.29, 1.82) is 0 Å². The van der Waals surface area contributed by atoms with Crippen molar-refractivity contribution in [3.8, 4) is 5.75 Å². The largest absolute Gasteiger partial charge is 0.484 e. The molecule has 50 heavy (non-hydrogen) atoms. The van der Waals surface area contributed by atoms with Crippen LogP contribution < -0.4 is 30.1 Å². The van der Waals surface area contributed by atoms with Gasteiger partial charge in [-0.15, -0.1) is 0 Å². The van der Waals surface area contributed by atoms with Crippen molar-refractivity contribution >= 4 is 52.5 Å². The van der Waals surface area contributed by atoms with E-state index in [-0.39, 0.29) is 30.5 Å². The van der Waals surface area contributed by atoms with Crippen molar-refractivity contribution in [2.24, 2.45) is 0 Å². The van der Waals surface area contributed by atoms with E-state index < -0.39 is 30.1 Å². The molecular formula is C38H41N5O7. The quantitative estimate of drug-likeness (QED) is 0.189. The minimum Gasteiger partial charge on any atom is -0.484 e. The van der Waals surface area contributed by atoms with Gasteiger partial charge in [0.05, 0.1) is 12.1 Å². The van der Waals surface area contributed by atoms with E-state index in [0.717, 1.165) is 0 Å². The summed E-state index contributed by atoms with van der Waals surface area (Å²) in [6.45, 7) is 4.17. The van der Waals surface area contributed by atoms with Gasteiger partial charge in [0, 0.05) is 42.9 Å². The average Bonchev–Trinajstić information content (AvgIpc) is 3.11. The molecule has 0 aliphatic heterocycles. The maximum Gasteiger partial charge on any atom is 0.338 e. The Morgan fingerprint density at radius 2 is 1.24 bits per heavy atom. The summed E-state index contributed by atoms with van der Waals surface area (Å²) < 4.78 is 11.2. The van der Waals surface area contributed by atoms with Gasteiger partial charge in [0.1, 0.15) is 17.9 Å². The van der Waals surface area contributed by atoms with Crippen LogP contribution in [0.1, 0.15) is 31.1 Å². The highest BCUT2D eigenvalue weighted by Gasteiger charge is 2.24. The highest BCUT2D eigenvalue weighted by atomic mass is 16.6. The first-order valence-electron chi connectivity index (χ1n) is 15.9. The van der Waals surface area contributed by atoms with E-state index in [4.69, 9.17) is 9.47 Å². The lowest BCUT2D eigenvalue weighted by molar-refractivity contribution is -0.121. The molecule has 0 unspecified atom stereocenters. The Labute approximate surface area is 291 Å². The molecule has 5 amide bonds. The van der Waals surface area contributed by atoms with E-state index in [1.165, 1.54) is 20.8 Å². The van der Waals surface area contributed by atoms with Gasteiger partial charge in [0.15, 0.2) is 6.61 Å². The average molecular weight is 680 g/mol. The third-order valence-electron chi connectivity index (χ3n) is 7.28. The molecule has 12 heteroatoms. The van der Waals surface area contributed by atoms with Gasteiger partial charge in [0.2, 0.25) is 11.8 Å². The number of nitrogens with zero attached hydrogens (tertiary/aromatic N) is 3. The SMILES string of the molecule is CN(C(=O)COc1cccc(N(CC(=O)N(C)c2ccccc2)C(=O)CNC(=O)Nc2cccc(C(=O)OC(C)(C)C)c2)c1)c1ccccc1. The molecule has 12 nitrogen and oxygen atoms in total. The number of nitrogens with one attached hydrogen (secondary N) is 2. The number of benzene rings is 4. The topological polar surface area (TPSA) is 138 Å². The number of urea groups is 1. The van der Waals surface area contributed by atoms with Crippen LogP contribution in [0.4, 0.5) is 27.5 Å². The lowest BCUT2D eigenvalue weighted by Crippen LogP contribution is -2.46. The van der Waals surface area contributed by atoms with E-state index >= 15 is 0 Å². The molecular weight excluding hydrogens is 638 g/mol. The molecule has 0 bridgehead atoms. The van der Waals surface area contributed by atoms with Gasteiger partial charge in [-0.25, -0.2) is 9.59 Å². The number of hydrogen-bond donors (Lipinski definition) is 2. The summed E-state index contributed by atoms with van der Waals surface area (Å²) in [7, 11) is 3.25. The van der Waals surface area contributed by atoms with Crippen LogP contribution in [0.2, 0.25) is 0 Å². The first-order valence-corrected chi connectivity index (χ1v) is 15.9.